The second kappa shape index (κ2) is 7.02. The number of benzene rings is 1. The van der Waals surface area contributed by atoms with Gasteiger partial charge in [0.2, 0.25) is 5.91 Å². The van der Waals surface area contributed by atoms with Gasteiger partial charge >= 0.3 is 0 Å². The molecule has 122 valence electrons. The van der Waals surface area contributed by atoms with Crippen molar-refractivity contribution in [2.45, 2.75) is 12.6 Å². The number of carbonyl (C=O) groups excluding carboxylic acids is 1. The number of aromatic nitrogens is 2. The Morgan fingerprint density at radius 3 is 2.87 bits per heavy atom. The van der Waals surface area contributed by atoms with Crippen molar-refractivity contribution in [3.8, 4) is 5.75 Å². The topological polar surface area (TPSA) is 59.4 Å². The summed E-state index contributed by atoms with van der Waals surface area (Å²) in [6, 6.07) is 7.84. The molecule has 1 atom stereocenters. The van der Waals surface area contributed by atoms with Gasteiger partial charge < -0.3 is 15.0 Å². The monoisotopic (exact) mass is 334 g/mol. The quantitative estimate of drug-likeness (QED) is 0.925. The van der Waals surface area contributed by atoms with Crippen LogP contribution >= 0.6 is 11.6 Å². The molecule has 1 N–H and O–H groups in total. The molecule has 0 spiro atoms. The van der Waals surface area contributed by atoms with E-state index in [1.54, 1.807) is 18.0 Å². The van der Waals surface area contributed by atoms with Crippen LogP contribution in [-0.2, 0) is 11.3 Å². The Kier molecular flexibility index (Phi) is 4.83. The molecular weight excluding hydrogens is 316 g/mol. The molecule has 1 amide bonds. The standard InChI is InChI=1S/C16H19ClN4O2/c1-23-14-4-2-12(3-5-14)15-9-18-6-7-21(15)16(22)11-20-10-13(17)8-19-20/h2-5,8,10,15,18H,6-7,9,11H2,1H3/t15-/m0/s1. The first-order valence-corrected chi connectivity index (χ1v) is 7.87. The first-order chi connectivity index (χ1) is 11.2. The molecular formula is C16H19ClN4O2. The fourth-order valence-corrected chi connectivity index (χ4v) is 2.94. The maximum absolute atomic E-state index is 12.7. The third-order valence-electron chi connectivity index (χ3n) is 3.96. The smallest absolute Gasteiger partial charge is 0.244 e. The highest BCUT2D eigenvalue weighted by Crippen LogP contribution is 2.24. The molecule has 2 heterocycles. The van der Waals surface area contributed by atoms with E-state index in [4.69, 9.17) is 16.3 Å². The largest absolute Gasteiger partial charge is 0.497 e. The lowest BCUT2D eigenvalue weighted by Gasteiger charge is -2.36. The van der Waals surface area contributed by atoms with Crippen LogP contribution < -0.4 is 10.1 Å². The number of nitrogens with one attached hydrogen (secondary N) is 1. The Morgan fingerprint density at radius 2 is 2.22 bits per heavy atom. The number of ether oxygens (including phenoxy) is 1. The number of hydrogen-bond acceptors (Lipinski definition) is 4. The highest BCUT2D eigenvalue weighted by Gasteiger charge is 2.28. The average Bonchev–Trinajstić information content (AvgIpc) is 3.00. The van der Waals surface area contributed by atoms with E-state index in [1.807, 2.05) is 29.2 Å². The molecule has 0 unspecified atom stereocenters. The summed E-state index contributed by atoms with van der Waals surface area (Å²) in [4.78, 5) is 14.5. The third-order valence-corrected chi connectivity index (χ3v) is 4.16. The number of amides is 1. The van der Waals surface area contributed by atoms with E-state index in [2.05, 4.69) is 10.4 Å². The van der Waals surface area contributed by atoms with Crippen LogP contribution in [0.4, 0.5) is 0 Å². The van der Waals surface area contributed by atoms with Crippen LogP contribution in [0.1, 0.15) is 11.6 Å². The number of halogens is 1. The average molecular weight is 335 g/mol. The molecule has 1 aromatic heterocycles. The van der Waals surface area contributed by atoms with Crippen molar-refractivity contribution in [1.29, 1.82) is 0 Å². The van der Waals surface area contributed by atoms with Crippen molar-refractivity contribution in [2.24, 2.45) is 0 Å². The molecule has 1 fully saturated rings. The van der Waals surface area contributed by atoms with Gasteiger partial charge in [-0.2, -0.15) is 5.10 Å². The fraction of sp³-hybridized carbons (Fsp3) is 0.375. The van der Waals surface area contributed by atoms with Gasteiger partial charge in [-0.15, -0.1) is 0 Å². The van der Waals surface area contributed by atoms with Crippen LogP contribution in [0.15, 0.2) is 36.7 Å². The summed E-state index contributed by atoms with van der Waals surface area (Å²) in [6.45, 7) is 2.39. The van der Waals surface area contributed by atoms with Crippen LogP contribution in [0.25, 0.3) is 0 Å². The van der Waals surface area contributed by atoms with E-state index in [0.29, 0.717) is 11.6 Å². The summed E-state index contributed by atoms with van der Waals surface area (Å²) in [6.07, 6.45) is 3.19. The van der Waals surface area contributed by atoms with Gasteiger partial charge in [-0.25, -0.2) is 0 Å². The second-order valence-electron chi connectivity index (χ2n) is 5.44. The van der Waals surface area contributed by atoms with Crippen molar-refractivity contribution >= 4 is 17.5 Å². The Labute approximate surface area is 140 Å². The van der Waals surface area contributed by atoms with Gasteiger partial charge in [-0.3, -0.25) is 9.48 Å². The minimum atomic E-state index is 0.00758. The molecule has 0 aliphatic carbocycles. The minimum absolute atomic E-state index is 0.00758. The number of nitrogens with zero attached hydrogens (tertiary/aromatic N) is 3. The number of piperazine rings is 1. The molecule has 3 rings (SSSR count). The minimum Gasteiger partial charge on any atom is -0.497 e. The first kappa shape index (κ1) is 15.8. The number of methoxy groups -OCH3 is 1. The molecule has 1 aromatic carbocycles. The summed E-state index contributed by atoms with van der Waals surface area (Å²) in [5.74, 6) is 0.841. The van der Waals surface area contributed by atoms with Crippen molar-refractivity contribution in [3.63, 3.8) is 0 Å². The normalized spacial score (nSPS) is 18.0. The molecule has 1 aliphatic rings. The van der Waals surface area contributed by atoms with E-state index in [1.165, 1.54) is 6.20 Å². The van der Waals surface area contributed by atoms with Gasteiger partial charge in [0.25, 0.3) is 0 Å². The summed E-state index contributed by atoms with van der Waals surface area (Å²) in [5, 5.41) is 7.95. The lowest BCUT2D eigenvalue weighted by Crippen LogP contribution is -2.49. The molecule has 1 saturated heterocycles. The zero-order valence-corrected chi connectivity index (χ0v) is 13.7. The molecule has 7 heteroatoms. The van der Waals surface area contributed by atoms with Gasteiger partial charge in [-0.1, -0.05) is 23.7 Å². The number of carbonyl (C=O) groups is 1. The summed E-state index contributed by atoms with van der Waals surface area (Å²) < 4.78 is 6.76. The zero-order valence-electron chi connectivity index (χ0n) is 12.9. The van der Waals surface area contributed by atoms with Gasteiger partial charge in [0.15, 0.2) is 0 Å². The SMILES string of the molecule is COc1ccc([C@@H]2CNCCN2C(=O)Cn2cc(Cl)cn2)cc1. The Balaban J connectivity index is 1.75. The second-order valence-corrected chi connectivity index (χ2v) is 5.87. The number of hydrogen-bond donors (Lipinski definition) is 1. The lowest BCUT2D eigenvalue weighted by atomic mass is 10.0. The van der Waals surface area contributed by atoms with Crippen molar-refractivity contribution in [2.75, 3.05) is 26.7 Å². The highest BCUT2D eigenvalue weighted by molar-refractivity contribution is 6.30. The third kappa shape index (κ3) is 3.65. The zero-order chi connectivity index (χ0) is 16.2. The molecule has 2 aromatic rings. The first-order valence-electron chi connectivity index (χ1n) is 7.49. The van der Waals surface area contributed by atoms with E-state index in [0.717, 1.165) is 24.4 Å². The summed E-state index contributed by atoms with van der Waals surface area (Å²) >= 11 is 5.85. The van der Waals surface area contributed by atoms with E-state index < -0.39 is 0 Å². The van der Waals surface area contributed by atoms with Crippen LogP contribution in [0.2, 0.25) is 5.02 Å². The predicted molar refractivity (Wildman–Crippen MR) is 87.6 cm³/mol. The predicted octanol–water partition coefficient (Wildman–Crippen LogP) is 1.72. The molecule has 23 heavy (non-hydrogen) atoms. The molecule has 1 aliphatic heterocycles. The molecule has 0 radical (unpaired) electrons. The van der Waals surface area contributed by atoms with Gasteiger partial charge in [0.05, 0.1) is 24.4 Å². The van der Waals surface area contributed by atoms with Gasteiger partial charge in [0, 0.05) is 25.8 Å². The molecule has 0 bridgehead atoms. The fourth-order valence-electron chi connectivity index (χ4n) is 2.78. The van der Waals surface area contributed by atoms with Gasteiger partial charge in [-0.05, 0) is 17.7 Å². The summed E-state index contributed by atoms with van der Waals surface area (Å²) in [5.41, 5.74) is 1.09. The Morgan fingerprint density at radius 1 is 1.43 bits per heavy atom. The maximum Gasteiger partial charge on any atom is 0.244 e. The van der Waals surface area contributed by atoms with E-state index in [9.17, 15) is 4.79 Å². The summed E-state index contributed by atoms with van der Waals surface area (Å²) in [7, 11) is 1.64. The molecule has 6 nitrogen and oxygen atoms in total. The lowest BCUT2D eigenvalue weighted by molar-refractivity contribution is -0.135. The van der Waals surface area contributed by atoms with Gasteiger partial charge in [0.1, 0.15) is 12.3 Å². The van der Waals surface area contributed by atoms with E-state index in [-0.39, 0.29) is 18.5 Å². The maximum atomic E-state index is 12.7. The van der Waals surface area contributed by atoms with Crippen molar-refractivity contribution in [3.05, 3.63) is 47.2 Å². The van der Waals surface area contributed by atoms with Crippen LogP contribution in [0.5, 0.6) is 5.75 Å². The van der Waals surface area contributed by atoms with Crippen LogP contribution in [-0.4, -0.2) is 47.3 Å². The van der Waals surface area contributed by atoms with E-state index >= 15 is 0 Å². The highest BCUT2D eigenvalue weighted by atomic mass is 35.5. The van der Waals surface area contributed by atoms with Crippen LogP contribution in [0, 0.1) is 0 Å². The van der Waals surface area contributed by atoms with Crippen molar-refractivity contribution in [1.82, 2.24) is 20.0 Å². The Hall–Kier alpha value is -2.05. The number of rotatable bonds is 4. The van der Waals surface area contributed by atoms with Crippen LogP contribution in [0.3, 0.4) is 0 Å². The Bertz CT molecular complexity index is 671. The van der Waals surface area contributed by atoms with Crippen molar-refractivity contribution < 1.29 is 9.53 Å². The molecule has 0 saturated carbocycles.